The van der Waals surface area contributed by atoms with Crippen LogP contribution in [-0.2, 0) is 24.3 Å². The number of carbonyl (C=O) groups is 1. The number of fused-ring (bicyclic) bond motifs is 1. The molecule has 1 atom stereocenters. The predicted molar refractivity (Wildman–Crippen MR) is 90.7 cm³/mol. The second-order valence-corrected chi connectivity index (χ2v) is 6.91. The summed E-state index contributed by atoms with van der Waals surface area (Å²) in [7, 11) is 0. The number of hydrogen-bond donors (Lipinski definition) is 1. The molecular weight excluding hydrogens is 322 g/mol. The highest BCUT2D eigenvalue weighted by Gasteiger charge is 2.34. The molecule has 0 saturated heterocycles. The van der Waals surface area contributed by atoms with Crippen LogP contribution in [0.4, 0.5) is 8.78 Å². The van der Waals surface area contributed by atoms with E-state index in [0.717, 1.165) is 30.0 Å². The fraction of sp³-hybridized carbons (Fsp3) is 0.350. The molecule has 0 bridgehead atoms. The molecule has 1 fully saturated rings. The summed E-state index contributed by atoms with van der Waals surface area (Å²) in [4.78, 5) is 14.7. The zero-order valence-electron chi connectivity index (χ0n) is 13.8. The Bertz CT molecular complexity index is 804. The Hall–Kier alpha value is -2.27. The molecule has 2 aromatic carbocycles. The van der Waals surface area contributed by atoms with Crippen LogP contribution in [0.25, 0.3) is 0 Å². The van der Waals surface area contributed by atoms with Crippen LogP contribution in [0.3, 0.4) is 0 Å². The summed E-state index contributed by atoms with van der Waals surface area (Å²) in [6.07, 6.45) is 2.67. The number of nitrogens with zero attached hydrogens (tertiary/aromatic N) is 1. The van der Waals surface area contributed by atoms with Gasteiger partial charge in [0.1, 0.15) is 11.6 Å². The predicted octanol–water partition coefficient (Wildman–Crippen LogP) is 3.17. The number of benzene rings is 2. The largest absolute Gasteiger partial charge is 0.352 e. The van der Waals surface area contributed by atoms with Gasteiger partial charge in [-0.1, -0.05) is 30.3 Å². The first-order valence-electron chi connectivity index (χ1n) is 8.65. The normalized spacial score (nSPS) is 20.2. The Kier molecular flexibility index (Phi) is 4.25. The van der Waals surface area contributed by atoms with E-state index in [4.69, 9.17) is 0 Å². The Morgan fingerprint density at radius 1 is 1.12 bits per heavy atom. The maximum atomic E-state index is 14.1. The van der Waals surface area contributed by atoms with Gasteiger partial charge in [-0.3, -0.25) is 9.69 Å². The molecule has 1 N–H and O–H groups in total. The lowest BCUT2D eigenvalue weighted by Crippen LogP contribution is -2.50. The molecule has 0 aromatic heterocycles. The minimum atomic E-state index is -0.590. The molecule has 0 spiro atoms. The van der Waals surface area contributed by atoms with Gasteiger partial charge in [-0.2, -0.15) is 0 Å². The molecule has 5 heteroatoms. The average Bonchev–Trinajstić information content (AvgIpc) is 3.40. The van der Waals surface area contributed by atoms with Gasteiger partial charge in [0.2, 0.25) is 5.91 Å². The van der Waals surface area contributed by atoms with Gasteiger partial charge in [0.25, 0.3) is 0 Å². The standard InChI is InChI=1S/C20H20F2N2O/c21-16-6-5-15(18(22)10-16)12-24-11-14-4-2-1-3-13(14)9-19(24)20(25)23-17-7-8-17/h1-6,10,17,19H,7-9,11-12H2,(H,23,25)/t19-/m1/s1. The molecule has 3 nitrogen and oxygen atoms in total. The van der Waals surface area contributed by atoms with Crippen molar-refractivity contribution in [3.8, 4) is 0 Å². The van der Waals surface area contributed by atoms with E-state index in [2.05, 4.69) is 5.32 Å². The van der Waals surface area contributed by atoms with E-state index in [1.807, 2.05) is 29.2 Å². The van der Waals surface area contributed by atoms with E-state index in [1.165, 1.54) is 12.1 Å². The Morgan fingerprint density at radius 3 is 2.60 bits per heavy atom. The van der Waals surface area contributed by atoms with Crippen molar-refractivity contribution in [2.75, 3.05) is 0 Å². The lowest BCUT2D eigenvalue weighted by Gasteiger charge is -2.36. The fourth-order valence-corrected chi connectivity index (χ4v) is 3.40. The van der Waals surface area contributed by atoms with Crippen molar-refractivity contribution in [1.29, 1.82) is 0 Å². The third kappa shape index (κ3) is 3.56. The molecule has 1 heterocycles. The summed E-state index contributed by atoms with van der Waals surface area (Å²) in [6.45, 7) is 0.860. The number of amides is 1. The SMILES string of the molecule is O=C(NC1CC1)[C@H]1Cc2ccccc2CN1Cc1ccc(F)cc1F. The van der Waals surface area contributed by atoms with Crippen molar-refractivity contribution < 1.29 is 13.6 Å². The quantitative estimate of drug-likeness (QED) is 0.926. The number of rotatable bonds is 4. The van der Waals surface area contributed by atoms with Crippen molar-refractivity contribution >= 4 is 5.91 Å². The molecule has 130 valence electrons. The molecule has 1 aliphatic carbocycles. The smallest absolute Gasteiger partial charge is 0.237 e. The van der Waals surface area contributed by atoms with E-state index >= 15 is 0 Å². The second kappa shape index (κ2) is 6.56. The average molecular weight is 342 g/mol. The molecule has 2 aromatic rings. The van der Waals surface area contributed by atoms with Crippen LogP contribution < -0.4 is 5.32 Å². The van der Waals surface area contributed by atoms with E-state index in [-0.39, 0.29) is 24.5 Å². The van der Waals surface area contributed by atoms with Crippen molar-refractivity contribution in [2.24, 2.45) is 0 Å². The fourth-order valence-electron chi connectivity index (χ4n) is 3.40. The maximum Gasteiger partial charge on any atom is 0.237 e. The summed E-state index contributed by atoms with van der Waals surface area (Å²) in [5.74, 6) is -1.16. The summed E-state index contributed by atoms with van der Waals surface area (Å²) in [6, 6.07) is 11.6. The highest BCUT2D eigenvalue weighted by Crippen LogP contribution is 2.27. The number of hydrogen-bond acceptors (Lipinski definition) is 2. The van der Waals surface area contributed by atoms with Crippen LogP contribution in [0, 0.1) is 11.6 Å². The molecule has 25 heavy (non-hydrogen) atoms. The first kappa shape index (κ1) is 16.2. The van der Waals surface area contributed by atoms with Crippen LogP contribution in [-0.4, -0.2) is 22.9 Å². The van der Waals surface area contributed by atoms with Gasteiger partial charge >= 0.3 is 0 Å². The Balaban J connectivity index is 1.60. The molecule has 1 amide bonds. The molecule has 1 aliphatic heterocycles. The van der Waals surface area contributed by atoms with Gasteiger partial charge in [0.05, 0.1) is 6.04 Å². The summed E-state index contributed by atoms with van der Waals surface area (Å²) < 4.78 is 27.2. The summed E-state index contributed by atoms with van der Waals surface area (Å²) in [5.41, 5.74) is 2.72. The topological polar surface area (TPSA) is 32.3 Å². The Labute approximate surface area is 145 Å². The zero-order valence-corrected chi connectivity index (χ0v) is 13.8. The minimum Gasteiger partial charge on any atom is -0.352 e. The van der Waals surface area contributed by atoms with Gasteiger partial charge in [-0.25, -0.2) is 8.78 Å². The van der Waals surface area contributed by atoms with E-state index < -0.39 is 11.6 Å². The molecule has 2 aliphatic rings. The van der Waals surface area contributed by atoms with Crippen LogP contribution in [0.5, 0.6) is 0 Å². The second-order valence-electron chi connectivity index (χ2n) is 6.91. The van der Waals surface area contributed by atoms with Gasteiger partial charge in [-0.15, -0.1) is 0 Å². The van der Waals surface area contributed by atoms with Gasteiger partial charge < -0.3 is 5.32 Å². The van der Waals surface area contributed by atoms with E-state index in [0.29, 0.717) is 18.5 Å². The minimum absolute atomic E-state index is 0.000442. The molecule has 4 rings (SSSR count). The lowest BCUT2D eigenvalue weighted by molar-refractivity contribution is -0.127. The third-order valence-electron chi connectivity index (χ3n) is 4.96. The van der Waals surface area contributed by atoms with Crippen molar-refractivity contribution in [3.05, 3.63) is 70.8 Å². The molecule has 0 unspecified atom stereocenters. The summed E-state index contributed by atoms with van der Waals surface area (Å²) >= 11 is 0. The van der Waals surface area contributed by atoms with E-state index in [1.54, 1.807) is 0 Å². The first-order valence-corrected chi connectivity index (χ1v) is 8.65. The van der Waals surface area contributed by atoms with Crippen LogP contribution in [0.2, 0.25) is 0 Å². The molecular formula is C20H20F2N2O. The van der Waals surface area contributed by atoms with Crippen LogP contribution in [0.15, 0.2) is 42.5 Å². The maximum absolute atomic E-state index is 14.1. The zero-order chi connectivity index (χ0) is 17.4. The van der Waals surface area contributed by atoms with Crippen molar-refractivity contribution in [2.45, 2.75) is 44.4 Å². The lowest BCUT2D eigenvalue weighted by atomic mass is 9.93. The van der Waals surface area contributed by atoms with Crippen molar-refractivity contribution in [3.63, 3.8) is 0 Å². The van der Waals surface area contributed by atoms with Gasteiger partial charge in [0.15, 0.2) is 0 Å². The van der Waals surface area contributed by atoms with E-state index in [9.17, 15) is 13.6 Å². The number of halogens is 2. The number of nitrogens with one attached hydrogen (secondary N) is 1. The third-order valence-corrected chi connectivity index (χ3v) is 4.96. The molecule has 0 radical (unpaired) electrons. The first-order chi connectivity index (χ1) is 12.1. The van der Waals surface area contributed by atoms with Crippen LogP contribution in [0.1, 0.15) is 29.5 Å². The van der Waals surface area contributed by atoms with Crippen LogP contribution >= 0.6 is 0 Å². The highest BCUT2D eigenvalue weighted by molar-refractivity contribution is 5.83. The summed E-state index contributed by atoms with van der Waals surface area (Å²) in [5, 5.41) is 3.06. The highest BCUT2D eigenvalue weighted by atomic mass is 19.1. The van der Waals surface area contributed by atoms with Gasteiger partial charge in [-0.05, 0) is 36.5 Å². The number of carbonyl (C=O) groups excluding carboxylic acids is 1. The monoisotopic (exact) mass is 342 g/mol. The Morgan fingerprint density at radius 2 is 1.88 bits per heavy atom. The molecule has 1 saturated carbocycles. The van der Waals surface area contributed by atoms with Gasteiger partial charge in [0, 0.05) is 30.8 Å². The van der Waals surface area contributed by atoms with Crippen molar-refractivity contribution in [1.82, 2.24) is 10.2 Å².